The van der Waals surface area contributed by atoms with Crippen molar-refractivity contribution in [3.05, 3.63) is 77.9 Å². The van der Waals surface area contributed by atoms with Gasteiger partial charge in [-0.3, -0.25) is 0 Å². The van der Waals surface area contributed by atoms with Crippen LogP contribution in [0.1, 0.15) is 43.4 Å². The van der Waals surface area contributed by atoms with Crippen molar-refractivity contribution in [1.29, 1.82) is 0 Å². The number of nitrogens with one attached hydrogen (secondary N) is 1. The Morgan fingerprint density at radius 2 is 1.66 bits per heavy atom. The van der Waals surface area contributed by atoms with Gasteiger partial charge in [-0.1, -0.05) is 61.0 Å². The third kappa shape index (κ3) is 4.37. The summed E-state index contributed by atoms with van der Waals surface area (Å²) in [6.45, 7) is 4.02. The molecule has 1 unspecified atom stereocenters. The maximum atomic E-state index is 13.0. The van der Waals surface area contributed by atoms with Gasteiger partial charge in [0.1, 0.15) is 0 Å². The van der Waals surface area contributed by atoms with E-state index in [1.54, 1.807) is 10.4 Å². The largest absolute Gasteiger partial charge is 0.306 e. The summed E-state index contributed by atoms with van der Waals surface area (Å²) in [5.41, 5.74) is 2.23. The Balaban J connectivity index is 1.49. The Labute approximate surface area is 173 Å². The molecule has 1 N–H and O–H groups in total. The van der Waals surface area contributed by atoms with Gasteiger partial charge in [0.2, 0.25) is 10.0 Å². The van der Waals surface area contributed by atoms with Gasteiger partial charge in [-0.2, -0.15) is 4.31 Å². The van der Waals surface area contributed by atoms with Crippen LogP contribution in [0.4, 0.5) is 0 Å². The predicted octanol–water partition coefficient (Wildman–Crippen LogP) is 4.87. The number of sulfonamides is 1. The molecule has 4 nitrogen and oxygen atoms in total. The molecule has 1 fully saturated rings. The quantitative estimate of drug-likeness (QED) is 0.633. The van der Waals surface area contributed by atoms with Gasteiger partial charge in [0, 0.05) is 25.7 Å². The van der Waals surface area contributed by atoms with E-state index in [2.05, 4.69) is 54.7 Å². The third-order valence-corrected chi connectivity index (χ3v) is 7.65. The van der Waals surface area contributed by atoms with Crippen molar-refractivity contribution in [2.24, 2.45) is 0 Å². The maximum Gasteiger partial charge on any atom is 0.243 e. The van der Waals surface area contributed by atoms with Gasteiger partial charge in [-0.15, -0.1) is 0 Å². The van der Waals surface area contributed by atoms with Crippen molar-refractivity contribution >= 4 is 20.8 Å². The van der Waals surface area contributed by atoms with Crippen LogP contribution in [0.15, 0.2) is 71.6 Å². The van der Waals surface area contributed by atoms with Crippen LogP contribution >= 0.6 is 0 Å². The minimum atomic E-state index is -3.40. The highest BCUT2D eigenvalue weighted by Crippen LogP contribution is 2.25. The fourth-order valence-corrected chi connectivity index (χ4v) is 5.67. The molecule has 4 rings (SSSR count). The van der Waals surface area contributed by atoms with E-state index in [4.69, 9.17) is 0 Å². The zero-order valence-electron chi connectivity index (χ0n) is 16.8. The molecule has 1 atom stereocenters. The standard InChI is InChI=1S/C24H28N2O2S/c1-19(23-14-8-11-21-10-3-4-13-24(21)23)25-18-20-9-7-12-22(17-20)29(27,28)26-15-5-2-6-16-26/h3-4,7-14,17,19,25H,2,5-6,15-16,18H2,1H3. The van der Waals surface area contributed by atoms with E-state index < -0.39 is 10.0 Å². The van der Waals surface area contributed by atoms with Gasteiger partial charge in [-0.25, -0.2) is 8.42 Å². The maximum absolute atomic E-state index is 13.0. The number of piperidine rings is 1. The topological polar surface area (TPSA) is 49.4 Å². The van der Waals surface area contributed by atoms with Crippen LogP contribution in [-0.4, -0.2) is 25.8 Å². The lowest BCUT2D eigenvalue weighted by atomic mass is 9.99. The molecule has 152 valence electrons. The number of hydrogen-bond donors (Lipinski definition) is 1. The summed E-state index contributed by atoms with van der Waals surface area (Å²) in [5.74, 6) is 0. The normalized spacial score (nSPS) is 16.7. The number of hydrogen-bond acceptors (Lipinski definition) is 3. The first-order valence-corrected chi connectivity index (χ1v) is 11.8. The zero-order chi connectivity index (χ0) is 20.3. The van der Waals surface area contributed by atoms with E-state index in [0.29, 0.717) is 24.5 Å². The lowest BCUT2D eigenvalue weighted by Crippen LogP contribution is -2.35. The summed E-state index contributed by atoms with van der Waals surface area (Å²) in [6, 6.07) is 22.3. The monoisotopic (exact) mass is 408 g/mol. The summed E-state index contributed by atoms with van der Waals surface area (Å²) < 4.78 is 27.5. The highest BCUT2D eigenvalue weighted by atomic mass is 32.2. The number of nitrogens with zero attached hydrogens (tertiary/aromatic N) is 1. The number of rotatable bonds is 6. The molecule has 3 aromatic carbocycles. The average Bonchev–Trinajstić information content (AvgIpc) is 2.78. The molecule has 0 radical (unpaired) electrons. The van der Waals surface area contributed by atoms with Gasteiger partial charge in [0.25, 0.3) is 0 Å². The molecule has 0 amide bonds. The van der Waals surface area contributed by atoms with Crippen molar-refractivity contribution in [2.45, 2.75) is 43.7 Å². The van der Waals surface area contributed by atoms with Gasteiger partial charge in [-0.05, 0) is 53.8 Å². The summed E-state index contributed by atoms with van der Waals surface area (Å²) in [7, 11) is -3.40. The van der Waals surface area contributed by atoms with Crippen LogP contribution in [-0.2, 0) is 16.6 Å². The molecule has 0 bridgehead atoms. The first-order chi connectivity index (χ1) is 14.1. The number of benzene rings is 3. The molecular weight excluding hydrogens is 380 g/mol. The van der Waals surface area contributed by atoms with E-state index in [1.165, 1.54) is 16.3 Å². The Bertz CT molecular complexity index is 1080. The Morgan fingerprint density at radius 3 is 2.48 bits per heavy atom. The van der Waals surface area contributed by atoms with E-state index in [0.717, 1.165) is 24.8 Å². The fraction of sp³-hybridized carbons (Fsp3) is 0.333. The lowest BCUT2D eigenvalue weighted by Gasteiger charge is -2.26. The van der Waals surface area contributed by atoms with Crippen LogP contribution in [0.5, 0.6) is 0 Å². The summed E-state index contributed by atoms with van der Waals surface area (Å²) in [5, 5.41) is 6.03. The smallest absolute Gasteiger partial charge is 0.243 e. The lowest BCUT2D eigenvalue weighted by molar-refractivity contribution is 0.346. The molecular formula is C24H28N2O2S. The number of fused-ring (bicyclic) bond motifs is 1. The first kappa shape index (κ1) is 20.1. The molecule has 29 heavy (non-hydrogen) atoms. The van der Waals surface area contributed by atoms with Gasteiger partial charge in [0.15, 0.2) is 0 Å². The molecule has 0 saturated carbocycles. The van der Waals surface area contributed by atoms with E-state index in [9.17, 15) is 8.42 Å². The Hall–Kier alpha value is -2.21. The molecule has 5 heteroatoms. The second-order valence-corrected chi connectivity index (χ2v) is 9.72. The van der Waals surface area contributed by atoms with Crippen LogP contribution in [0, 0.1) is 0 Å². The fourth-order valence-electron chi connectivity index (χ4n) is 4.08. The highest BCUT2D eigenvalue weighted by molar-refractivity contribution is 7.89. The Kier molecular flexibility index (Phi) is 5.99. The molecule has 0 spiro atoms. The predicted molar refractivity (Wildman–Crippen MR) is 118 cm³/mol. The minimum Gasteiger partial charge on any atom is -0.306 e. The van der Waals surface area contributed by atoms with Crippen LogP contribution in [0.2, 0.25) is 0 Å². The highest BCUT2D eigenvalue weighted by Gasteiger charge is 2.25. The van der Waals surface area contributed by atoms with E-state index in [-0.39, 0.29) is 6.04 Å². The summed E-state index contributed by atoms with van der Waals surface area (Å²) in [4.78, 5) is 0.400. The van der Waals surface area contributed by atoms with Crippen molar-refractivity contribution in [3.63, 3.8) is 0 Å². The Morgan fingerprint density at radius 1 is 0.931 bits per heavy atom. The van der Waals surface area contributed by atoms with Crippen LogP contribution in [0.25, 0.3) is 10.8 Å². The summed E-state index contributed by atoms with van der Waals surface area (Å²) >= 11 is 0. The first-order valence-electron chi connectivity index (χ1n) is 10.4. The molecule has 3 aromatic rings. The molecule has 1 aliphatic heterocycles. The van der Waals surface area contributed by atoms with Crippen molar-refractivity contribution in [3.8, 4) is 0 Å². The minimum absolute atomic E-state index is 0.156. The SMILES string of the molecule is CC(NCc1cccc(S(=O)(=O)N2CCCCC2)c1)c1cccc2ccccc12. The van der Waals surface area contributed by atoms with Gasteiger partial charge in [0.05, 0.1) is 4.90 Å². The third-order valence-electron chi connectivity index (χ3n) is 5.75. The molecule has 1 saturated heterocycles. The van der Waals surface area contributed by atoms with Crippen LogP contribution in [0.3, 0.4) is 0 Å². The van der Waals surface area contributed by atoms with E-state index >= 15 is 0 Å². The van der Waals surface area contributed by atoms with Gasteiger partial charge < -0.3 is 5.32 Å². The van der Waals surface area contributed by atoms with Crippen LogP contribution < -0.4 is 5.32 Å². The summed E-state index contributed by atoms with van der Waals surface area (Å²) in [6.07, 6.45) is 3.01. The van der Waals surface area contributed by atoms with E-state index in [1.807, 2.05) is 18.2 Å². The van der Waals surface area contributed by atoms with Gasteiger partial charge >= 0.3 is 0 Å². The molecule has 0 aliphatic carbocycles. The molecule has 1 aliphatic rings. The average molecular weight is 409 g/mol. The van der Waals surface area contributed by atoms with Crippen molar-refractivity contribution in [2.75, 3.05) is 13.1 Å². The second kappa shape index (κ2) is 8.66. The zero-order valence-corrected chi connectivity index (χ0v) is 17.7. The van der Waals surface area contributed by atoms with Crippen molar-refractivity contribution < 1.29 is 8.42 Å². The molecule has 1 heterocycles. The van der Waals surface area contributed by atoms with Crippen molar-refractivity contribution in [1.82, 2.24) is 9.62 Å². The second-order valence-electron chi connectivity index (χ2n) is 7.78. The molecule has 0 aromatic heterocycles.